The number of sulfone groups is 2. The smallest absolute Gasteiger partial charge is 0.303 e. The lowest BCUT2D eigenvalue weighted by atomic mass is 10.1. The minimum Gasteiger partial charge on any atom is -0.303 e. The van der Waals surface area contributed by atoms with E-state index in [-0.39, 0.29) is 6.42 Å². The molecule has 8 heteroatoms. The Kier molecular flexibility index (Phi) is 5.98. The van der Waals surface area contributed by atoms with E-state index < -0.39 is 46.1 Å². The third kappa shape index (κ3) is 3.19. The molecular formula is C18H19FO5S2. The zero-order valence-corrected chi connectivity index (χ0v) is 15.7. The lowest BCUT2D eigenvalue weighted by molar-refractivity contribution is -0.109. The summed E-state index contributed by atoms with van der Waals surface area (Å²) in [5.41, 5.74) is 0. The molecule has 0 N–H and O–H groups in total. The third-order valence-electron chi connectivity index (χ3n) is 4.20. The molecular weight excluding hydrogens is 379 g/mol. The van der Waals surface area contributed by atoms with Gasteiger partial charge >= 0.3 is 4.33 Å². The van der Waals surface area contributed by atoms with Crippen molar-refractivity contribution in [1.29, 1.82) is 0 Å². The zero-order chi connectivity index (χ0) is 19.4. The van der Waals surface area contributed by atoms with Gasteiger partial charge in [-0.05, 0) is 30.7 Å². The summed E-state index contributed by atoms with van der Waals surface area (Å²) in [5.74, 6) is -1.55. The molecule has 0 aliphatic rings. The molecule has 0 fully saturated rings. The van der Waals surface area contributed by atoms with Gasteiger partial charge < -0.3 is 4.79 Å². The summed E-state index contributed by atoms with van der Waals surface area (Å²) in [6, 6.07) is 13.1. The molecule has 0 amide bonds. The molecule has 0 saturated heterocycles. The minimum atomic E-state index is -4.95. The third-order valence-corrected chi connectivity index (χ3v) is 9.44. The van der Waals surface area contributed by atoms with E-state index in [4.69, 9.17) is 0 Å². The predicted molar refractivity (Wildman–Crippen MR) is 95.6 cm³/mol. The zero-order valence-electron chi connectivity index (χ0n) is 14.1. The molecule has 1 atom stereocenters. The SMILES string of the molecule is CCC(CC=O)C(F)(S(=O)(=O)c1ccccc1)S(=O)(=O)c1ccccc1. The van der Waals surface area contributed by atoms with E-state index in [0.717, 1.165) is 24.3 Å². The van der Waals surface area contributed by atoms with E-state index in [2.05, 4.69) is 0 Å². The normalized spacial score (nSPS) is 13.9. The molecule has 2 rings (SSSR count). The summed E-state index contributed by atoms with van der Waals surface area (Å²) in [7, 11) is -9.91. The lowest BCUT2D eigenvalue weighted by Crippen LogP contribution is -2.48. The average Bonchev–Trinajstić information content (AvgIpc) is 2.66. The summed E-state index contributed by atoms with van der Waals surface area (Å²) in [4.78, 5) is 10.1. The topological polar surface area (TPSA) is 85.3 Å². The van der Waals surface area contributed by atoms with E-state index in [0.29, 0.717) is 6.29 Å². The first-order chi connectivity index (χ1) is 12.2. The van der Waals surface area contributed by atoms with Crippen LogP contribution in [-0.2, 0) is 24.5 Å². The first-order valence-electron chi connectivity index (χ1n) is 7.95. The summed E-state index contributed by atoms with van der Waals surface area (Å²) >= 11 is 0. The standard InChI is InChI=1S/C18H19FO5S2/c1-2-15(13-14-20)18(19,25(21,22)16-9-5-3-6-10-16)26(23,24)17-11-7-4-8-12-17/h3-12,14-15H,2,13H2,1H3. The first kappa shape index (κ1) is 20.3. The lowest BCUT2D eigenvalue weighted by Gasteiger charge is -2.31. The summed E-state index contributed by atoms with van der Waals surface area (Å²) in [5, 5.41) is 0. The van der Waals surface area contributed by atoms with Crippen LogP contribution in [0.1, 0.15) is 19.8 Å². The maximum atomic E-state index is 16.2. The molecule has 5 nitrogen and oxygen atoms in total. The van der Waals surface area contributed by atoms with E-state index in [1.165, 1.54) is 43.3 Å². The average molecular weight is 398 g/mol. The Morgan fingerprint density at radius 3 is 1.58 bits per heavy atom. The van der Waals surface area contributed by atoms with Gasteiger partial charge in [0.1, 0.15) is 6.29 Å². The Labute approximate surface area is 152 Å². The Morgan fingerprint density at radius 1 is 0.885 bits per heavy atom. The number of aldehydes is 1. The summed E-state index contributed by atoms with van der Waals surface area (Å²) < 4.78 is 64.9. The van der Waals surface area contributed by atoms with E-state index in [9.17, 15) is 21.6 Å². The molecule has 2 aromatic carbocycles. The van der Waals surface area contributed by atoms with Gasteiger partial charge in [-0.1, -0.05) is 43.3 Å². The Balaban J connectivity index is 2.82. The van der Waals surface area contributed by atoms with Gasteiger partial charge in [0.2, 0.25) is 19.7 Å². The number of hydrogen-bond donors (Lipinski definition) is 0. The molecule has 1 unspecified atom stereocenters. The summed E-state index contributed by atoms with van der Waals surface area (Å²) in [6.45, 7) is 1.45. The van der Waals surface area contributed by atoms with Crippen molar-refractivity contribution < 1.29 is 26.0 Å². The van der Waals surface area contributed by atoms with Gasteiger partial charge in [0.05, 0.1) is 9.79 Å². The predicted octanol–water partition coefficient (Wildman–Crippen LogP) is 3.17. The van der Waals surface area contributed by atoms with Gasteiger partial charge in [0.15, 0.2) is 0 Å². The van der Waals surface area contributed by atoms with Gasteiger partial charge in [-0.3, -0.25) is 0 Å². The highest BCUT2D eigenvalue weighted by Gasteiger charge is 2.61. The second-order valence-electron chi connectivity index (χ2n) is 5.72. The van der Waals surface area contributed by atoms with Crippen molar-refractivity contribution in [2.75, 3.05) is 0 Å². The van der Waals surface area contributed by atoms with Crippen LogP contribution in [-0.4, -0.2) is 27.5 Å². The molecule has 0 aliphatic carbocycles. The number of rotatable bonds is 8. The highest BCUT2D eigenvalue weighted by molar-refractivity contribution is 8.10. The molecule has 0 aliphatic heterocycles. The molecule has 0 spiro atoms. The van der Waals surface area contributed by atoms with Crippen molar-refractivity contribution in [1.82, 2.24) is 0 Å². The van der Waals surface area contributed by atoms with Gasteiger partial charge in [-0.15, -0.1) is 0 Å². The number of halogens is 1. The number of carbonyl (C=O) groups excluding carboxylic acids is 1. The van der Waals surface area contributed by atoms with Crippen molar-refractivity contribution >= 4 is 26.0 Å². The van der Waals surface area contributed by atoms with Crippen LogP contribution in [0.3, 0.4) is 0 Å². The van der Waals surface area contributed by atoms with Crippen LogP contribution < -0.4 is 0 Å². The Hall–Kier alpha value is -2.06. The van der Waals surface area contributed by atoms with Gasteiger partial charge in [-0.25, -0.2) is 21.2 Å². The number of alkyl halides is 1. The quantitative estimate of drug-likeness (QED) is 0.638. The molecule has 0 heterocycles. The van der Waals surface area contributed by atoms with Crippen LogP contribution in [0.15, 0.2) is 70.5 Å². The van der Waals surface area contributed by atoms with E-state index >= 15 is 4.39 Å². The molecule has 26 heavy (non-hydrogen) atoms. The molecule has 0 bridgehead atoms. The molecule has 0 aromatic heterocycles. The molecule has 0 radical (unpaired) electrons. The monoisotopic (exact) mass is 398 g/mol. The maximum absolute atomic E-state index is 16.2. The van der Waals surface area contributed by atoms with Crippen molar-refractivity contribution in [2.45, 2.75) is 33.9 Å². The van der Waals surface area contributed by atoms with E-state index in [1.807, 2.05) is 0 Å². The van der Waals surface area contributed by atoms with Crippen LogP contribution in [0.5, 0.6) is 0 Å². The van der Waals surface area contributed by atoms with Crippen LogP contribution in [0.2, 0.25) is 0 Å². The largest absolute Gasteiger partial charge is 0.320 e. The fourth-order valence-corrected chi connectivity index (χ4v) is 7.58. The Morgan fingerprint density at radius 2 is 1.27 bits per heavy atom. The molecule has 0 saturated carbocycles. The van der Waals surface area contributed by atoms with Gasteiger partial charge in [0.25, 0.3) is 0 Å². The van der Waals surface area contributed by atoms with Crippen molar-refractivity contribution in [3.05, 3.63) is 60.7 Å². The van der Waals surface area contributed by atoms with Gasteiger partial charge in [0, 0.05) is 12.3 Å². The van der Waals surface area contributed by atoms with Crippen LogP contribution in [0.4, 0.5) is 4.39 Å². The van der Waals surface area contributed by atoms with E-state index in [1.54, 1.807) is 0 Å². The second kappa shape index (κ2) is 7.67. The fourth-order valence-electron chi connectivity index (χ4n) is 2.77. The van der Waals surface area contributed by atoms with Gasteiger partial charge in [-0.2, -0.15) is 0 Å². The van der Waals surface area contributed by atoms with Crippen LogP contribution in [0, 0.1) is 5.92 Å². The highest BCUT2D eigenvalue weighted by Crippen LogP contribution is 2.44. The minimum absolute atomic E-state index is 0.145. The fraction of sp³-hybridized carbons (Fsp3) is 0.278. The summed E-state index contributed by atoms with van der Waals surface area (Å²) in [6.07, 6.45) is -0.345. The van der Waals surface area contributed by atoms with Crippen LogP contribution >= 0.6 is 0 Å². The van der Waals surface area contributed by atoms with Crippen molar-refractivity contribution in [2.24, 2.45) is 5.92 Å². The van der Waals surface area contributed by atoms with Crippen molar-refractivity contribution in [3.63, 3.8) is 0 Å². The number of carbonyl (C=O) groups is 1. The Bertz CT molecular complexity index is 886. The first-order valence-corrected chi connectivity index (χ1v) is 10.9. The molecule has 2 aromatic rings. The number of hydrogen-bond acceptors (Lipinski definition) is 5. The molecule has 140 valence electrons. The number of benzene rings is 2. The second-order valence-corrected chi connectivity index (χ2v) is 10.1. The highest BCUT2D eigenvalue weighted by atomic mass is 32.3. The van der Waals surface area contributed by atoms with Crippen LogP contribution in [0.25, 0.3) is 0 Å². The van der Waals surface area contributed by atoms with Crippen molar-refractivity contribution in [3.8, 4) is 0 Å². The maximum Gasteiger partial charge on any atom is 0.320 e.